The first-order chi connectivity index (χ1) is 24.3. The van der Waals surface area contributed by atoms with Crippen LogP contribution in [0.2, 0.25) is 0 Å². The highest BCUT2D eigenvalue weighted by Gasteiger charge is 2.20. The highest BCUT2D eigenvalue weighted by atomic mass is 15.3. The topological polar surface area (TPSA) is 51.8 Å². The van der Waals surface area contributed by atoms with E-state index >= 15 is 0 Å². The summed E-state index contributed by atoms with van der Waals surface area (Å²) in [7, 11) is 0. The smallest absolute Gasteiger partial charge is 0.187 e. The molecule has 0 aliphatic carbocycles. The van der Waals surface area contributed by atoms with E-state index in [0.29, 0.717) is 5.82 Å². The van der Waals surface area contributed by atoms with Crippen LogP contribution in [0.15, 0.2) is 182 Å². The highest BCUT2D eigenvalue weighted by molar-refractivity contribution is 6.09. The highest BCUT2D eigenvalue weighted by Crippen LogP contribution is 2.37. The molecule has 0 spiro atoms. The molecule has 0 bridgehead atoms. The minimum absolute atomic E-state index is 0.679. The van der Waals surface area contributed by atoms with Crippen molar-refractivity contribution in [2.75, 3.05) is 4.90 Å². The maximum atomic E-state index is 4.97. The van der Waals surface area contributed by atoms with Crippen LogP contribution in [0.25, 0.3) is 56.1 Å². The van der Waals surface area contributed by atoms with Gasteiger partial charge in [0.2, 0.25) is 0 Å². The third-order valence-electron chi connectivity index (χ3n) is 8.91. The van der Waals surface area contributed by atoms with Crippen molar-refractivity contribution in [1.29, 1.82) is 0 Å². The van der Waals surface area contributed by atoms with Crippen LogP contribution in [-0.2, 0) is 0 Å². The molecule has 0 amide bonds. The molecule has 0 atom stereocenters. The lowest BCUT2D eigenvalue weighted by Gasteiger charge is -2.25. The van der Waals surface area contributed by atoms with Crippen LogP contribution >= 0.6 is 0 Å². The van der Waals surface area contributed by atoms with E-state index in [1.807, 2.05) is 66.9 Å². The number of anilines is 3. The summed E-state index contributed by atoms with van der Waals surface area (Å²) < 4.78 is 4.41. The van der Waals surface area contributed by atoms with Crippen molar-refractivity contribution in [1.82, 2.24) is 24.3 Å². The van der Waals surface area contributed by atoms with Gasteiger partial charge >= 0.3 is 0 Å². The molecule has 9 rings (SSSR count). The van der Waals surface area contributed by atoms with E-state index in [2.05, 4.69) is 139 Å². The standard InChI is InChI=1S/C43H30N6/c1-4-14-31(15-5-1)42-45-46-43(49(42)33-18-8-3-9-19-33)39-29-28-36(30-44-39)47(32-16-6-2-7-17-32)34-24-26-35(27-25-34)48-40-22-12-10-20-37(40)38-21-11-13-23-41(38)48/h1-30H. The van der Waals surface area contributed by atoms with Crippen LogP contribution in [0.4, 0.5) is 17.1 Å². The number of rotatable bonds is 7. The molecule has 3 heterocycles. The van der Waals surface area contributed by atoms with Crippen molar-refractivity contribution >= 4 is 38.9 Å². The molecular weight excluding hydrogens is 601 g/mol. The first-order valence-corrected chi connectivity index (χ1v) is 16.3. The average Bonchev–Trinajstić information content (AvgIpc) is 3.77. The summed E-state index contributed by atoms with van der Waals surface area (Å²) in [6.07, 6.45) is 1.91. The second-order valence-corrected chi connectivity index (χ2v) is 11.8. The third kappa shape index (κ3) is 5.03. The molecule has 0 saturated heterocycles. The Hall–Kier alpha value is -6.79. The molecule has 0 radical (unpaired) electrons. The van der Waals surface area contributed by atoms with Gasteiger partial charge in [0.05, 0.1) is 22.9 Å². The molecule has 6 heteroatoms. The summed E-state index contributed by atoms with van der Waals surface area (Å²) in [6, 6.07) is 60.8. The van der Waals surface area contributed by atoms with Crippen molar-refractivity contribution in [3.8, 4) is 34.3 Å². The van der Waals surface area contributed by atoms with Crippen molar-refractivity contribution in [2.24, 2.45) is 0 Å². The molecule has 49 heavy (non-hydrogen) atoms. The zero-order valence-electron chi connectivity index (χ0n) is 26.5. The van der Waals surface area contributed by atoms with Crippen molar-refractivity contribution in [3.05, 3.63) is 182 Å². The summed E-state index contributed by atoms with van der Waals surface area (Å²) in [5.74, 6) is 1.44. The van der Waals surface area contributed by atoms with Gasteiger partial charge in [0.15, 0.2) is 11.6 Å². The minimum atomic E-state index is 0.679. The molecule has 0 aliphatic rings. The summed E-state index contributed by atoms with van der Waals surface area (Å²) in [5.41, 5.74) is 9.19. The van der Waals surface area contributed by atoms with Crippen LogP contribution in [-0.4, -0.2) is 24.3 Å². The number of para-hydroxylation sites is 4. The summed E-state index contributed by atoms with van der Waals surface area (Å²) >= 11 is 0. The zero-order chi connectivity index (χ0) is 32.6. The second kappa shape index (κ2) is 12.1. The zero-order valence-corrected chi connectivity index (χ0v) is 26.5. The Labute approximate surface area is 283 Å². The molecule has 0 fully saturated rings. The lowest BCUT2D eigenvalue weighted by atomic mass is 10.2. The van der Waals surface area contributed by atoms with Crippen LogP contribution in [0.5, 0.6) is 0 Å². The Morgan fingerprint density at radius 1 is 0.388 bits per heavy atom. The van der Waals surface area contributed by atoms with Crippen molar-refractivity contribution in [3.63, 3.8) is 0 Å². The third-order valence-corrected chi connectivity index (χ3v) is 8.91. The molecule has 6 nitrogen and oxygen atoms in total. The van der Waals surface area contributed by atoms with Gasteiger partial charge < -0.3 is 9.47 Å². The number of pyridine rings is 1. The van der Waals surface area contributed by atoms with Gasteiger partial charge in [-0.1, -0.05) is 103 Å². The number of aromatic nitrogens is 5. The Morgan fingerprint density at radius 3 is 1.53 bits per heavy atom. The molecular formula is C43H30N6. The molecule has 0 N–H and O–H groups in total. The molecule has 9 aromatic rings. The molecule has 232 valence electrons. The first kappa shape index (κ1) is 28.4. The van der Waals surface area contributed by atoms with E-state index in [4.69, 9.17) is 4.98 Å². The van der Waals surface area contributed by atoms with Gasteiger partial charge in [-0.25, -0.2) is 0 Å². The maximum absolute atomic E-state index is 4.97. The van der Waals surface area contributed by atoms with Gasteiger partial charge in [-0.15, -0.1) is 10.2 Å². The molecule has 0 unspecified atom stereocenters. The first-order valence-electron chi connectivity index (χ1n) is 16.3. The normalized spacial score (nSPS) is 11.3. The second-order valence-electron chi connectivity index (χ2n) is 11.8. The Morgan fingerprint density at radius 2 is 0.898 bits per heavy atom. The summed E-state index contributed by atoms with van der Waals surface area (Å²) in [5, 5.41) is 11.8. The quantitative estimate of drug-likeness (QED) is 0.176. The fourth-order valence-electron chi connectivity index (χ4n) is 6.67. The van der Waals surface area contributed by atoms with E-state index in [9.17, 15) is 0 Å². The number of nitrogens with zero attached hydrogens (tertiary/aromatic N) is 6. The number of hydrogen-bond acceptors (Lipinski definition) is 4. The van der Waals surface area contributed by atoms with E-state index in [-0.39, 0.29) is 0 Å². The molecule has 6 aromatic carbocycles. The molecule has 0 aliphatic heterocycles. The van der Waals surface area contributed by atoms with Crippen molar-refractivity contribution in [2.45, 2.75) is 0 Å². The van der Waals surface area contributed by atoms with E-state index < -0.39 is 0 Å². The number of hydrogen-bond donors (Lipinski definition) is 0. The molecule has 0 saturated carbocycles. The van der Waals surface area contributed by atoms with Gasteiger partial charge in [-0.05, 0) is 72.8 Å². The number of benzene rings is 6. The fourth-order valence-corrected chi connectivity index (χ4v) is 6.67. The molecule has 3 aromatic heterocycles. The largest absolute Gasteiger partial charge is 0.309 e. The van der Waals surface area contributed by atoms with Gasteiger partial charge in [-0.3, -0.25) is 9.55 Å². The maximum Gasteiger partial charge on any atom is 0.187 e. The van der Waals surface area contributed by atoms with E-state index in [0.717, 1.165) is 45.5 Å². The average molecular weight is 631 g/mol. The Kier molecular flexibility index (Phi) is 7.02. The van der Waals surface area contributed by atoms with Crippen LogP contribution in [0.3, 0.4) is 0 Å². The van der Waals surface area contributed by atoms with Crippen molar-refractivity contribution < 1.29 is 0 Å². The fraction of sp³-hybridized carbons (Fsp3) is 0. The summed E-state index contributed by atoms with van der Waals surface area (Å²) in [6.45, 7) is 0. The Balaban J connectivity index is 1.12. The van der Waals surface area contributed by atoms with Gasteiger partial charge in [0.25, 0.3) is 0 Å². The van der Waals surface area contributed by atoms with Gasteiger partial charge in [0.1, 0.15) is 5.69 Å². The van der Waals surface area contributed by atoms with Gasteiger partial charge in [0, 0.05) is 39.1 Å². The summed E-state index contributed by atoms with van der Waals surface area (Å²) in [4.78, 5) is 7.20. The van der Waals surface area contributed by atoms with Crippen LogP contribution in [0.1, 0.15) is 0 Å². The minimum Gasteiger partial charge on any atom is -0.309 e. The van der Waals surface area contributed by atoms with E-state index in [1.54, 1.807) is 0 Å². The predicted octanol–water partition coefficient (Wildman–Crippen LogP) is 10.6. The lowest BCUT2D eigenvalue weighted by Crippen LogP contribution is -2.10. The Bertz CT molecular complexity index is 2470. The van der Waals surface area contributed by atoms with Crippen LogP contribution < -0.4 is 4.90 Å². The van der Waals surface area contributed by atoms with Gasteiger partial charge in [-0.2, -0.15) is 0 Å². The van der Waals surface area contributed by atoms with E-state index in [1.165, 1.54) is 21.8 Å². The monoisotopic (exact) mass is 630 g/mol. The van der Waals surface area contributed by atoms with Crippen LogP contribution in [0, 0.1) is 0 Å². The predicted molar refractivity (Wildman–Crippen MR) is 199 cm³/mol. The lowest BCUT2D eigenvalue weighted by molar-refractivity contribution is 1.05. The SMILES string of the molecule is c1ccc(-c2nnc(-c3ccc(N(c4ccccc4)c4ccc(-n5c6ccccc6c6ccccc65)cc4)cn3)n2-c2ccccc2)cc1. The number of fused-ring (bicyclic) bond motifs is 3.